The standard InChI is InChI=1S/C16H18O3/c1-10(2)14(9-17)16-13-8-12(18)6-4-11(13)5-7-15(16)19-3/h4-7,9-10,14H,8H2,1-3H3. The van der Waals surface area contributed by atoms with Gasteiger partial charge in [-0.05, 0) is 29.2 Å². The number of ketones is 1. The second-order valence-corrected chi connectivity index (χ2v) is 5.13. The van der Waals surface area contributed by atoms with Gasteiger partial charge in [0.1, 0.15) is 12.0 Å². The van der Waals surface area contributed by atoms with E-state index in [0.717, 1.165) is 23.0 Å². The van der Waals surface area contributed by atoms with Crippen LogP contribution in [-0.4, -0.2) is 19.2 Å². The average Bonchev–Trinajstić information content (AvgIpc) is 2.39. The third kappa shape index (κ3) is 2.46. The zero-order valence-corrected chi connectivity index (χ0v) is 11.5. The van der Waals surface area contributed by atoms with Crippen LogP contribution in [0.5, 0.6) is 5.75 Å². The van der Waals surface area contributed by atoms with Crippen LogP contribution in [0.15, 0.2) is 18.2 Å². The maximum absolute atomic E-state index is 11.6. The number of fused-ring (bicyclic) bond motifs is 1. The molecule has 1 aromatic rings. The molecule has 0 amide bonds. The van der Waals surface area contributed by atoms with Gasteiger partial charge in [-0.1, -0.05) is 26.0 Å². The largest absolute Gasteiger partial charge is 0.496 e. The fraction of sp³-hybridized carbons (Fsp3) is 0.375. The highest BCUT2D eigenvalue weighted by Gasteiger charge is 2.26. The van der Waals surface area contributed by atoms with Gasteiger partial charge >= 0.3 is 0 Å². The van der Waals surface area contributed by atoms with Gasteiger partial charge in [-0.15, -0.1) is 0 Å². The third-order valence-electron chi connectivity index (χ3n) is 3.57. The second-order valence-electron chi connectivity index (χ2n) is 5.13. The summed E-state index contributed by atoms with van der Waals surface area (Å²) in [5, 5.41) is 0. The van der Waals surface area contributed by atoms with Crippen molar-refractivity contribution in [1.82, 2.24) is 0 Å². The minimum absolute atomic E-state index is 0.0652. The Kier molecular flexibility index (Phi) is 3.84. The highest BCUT2D eigenvalue weighted by Crippen LogP contribution is 2.37. The number of carbonyl (C=O) groups excluding carboxylic acids is 2. The molecule has 100 valence electrons. The molecule has 0 fully saturated rings. The van der Waals surface area contributed by atoms with E-state index in [1.807, 2.05) is 32.1 Å². The predicted octanol–water partition coefficient (Wildman–Crippen LogP) is 2.77. The zero-order chi connectivity index (χ0) is 14.0. The molecule has 1 aliphatic carbocycles. The predicted molar refractivity (Wildman–Crippen MR) is 74.4 cm³/mol. The SMILES string of the molecule is COc1ccc2c(c1C(C=O)C(C)C)CC(=O)C=C2. The number of benzene rings is 1. The van der Waals surface area contributed by atoms with Gasteiger partial charge in [0.25, 0.3) is 0 Å². The van der Waals surface area contributed by atoms with Gasteiger partial charge in [0.05, 0.1) is 7.11 Å². The fourth-order valence-electron chi connectivity index (χ4n) is 2.53. The quantitative estimate of drug-likeness (QED) is 0.780. The number of methoxy groups -OCH3 is 1. The molecule has 0 aliphatic heterocycles. The Morgan fingerprint density at radius 1 is 1.26 bits per heavy atom. The smallest absolute Gasteiger partial charge is 0.160 e. The monoisotopic (exact) mass is 258 g/mol. The van der Waals surface area contributed by atoms with Crippen molar-refractivity contribution in [2.45, 2.75) is 26.2 Å². The first kappa shape index (κ1) is 13.5. The second kappa shape index (κ2) is 5.39. The van der Waals surface area contributed by atoms with Gasteiger partial charge in [0.2, 0.25) is 0 Å². The molecule has 0 heterocycles. The van der Waals surface area contributed by atoms with Gasteiger partial charge in [-0.3, -0.25) is 4.79 Å². The Hall–Kier alpha value is -1.90. The fourth-order valence-corrected chi connectivity index (χ4v) is 2.53. The van der Waals surface area contributed by atoms with Crippen molar-refractivity contribution in [1.29, 1.82) is 0 Å². The van der Waals surface area contributed by atoms with Gasteiger partial charge in [-0.25, -0.2) is 0 Å². The van der Waals surface area contributed by atoms with Gasteiger partial charge < -0.3 is 9.53 Å². The molecule has 0 spiro atoms. The van der Waals surface area contributed by atoms with Gasteiger partial charge in [0.15, 0.2) is 5.78 Å². The van der Waals surface area contributed by atoms with Crippen molar-refractivity contribution in [2.24, 2.45) is 5.92 Å². The lowest BCUT2D eigenvalue weighted by atomic mass is 9.81. The van der Waals surface area contributed by atoms with E-state index >= 15 is 0 Å². The van der Waals surface area contributed by atoms with E-state index in [1.54, 1.807) is 13.2 Å². The molecule has 0 saturated carbocycles. The molecule has 0 aromatic heterocycles. The third-order valence-corrected chi connectivity index (χ3v) is 3.57. The number of aldehydes is 1. The molecule has 19 heavy (non-hydrogen) atoms. The Morgan fingerprint density at radius 3 is 2.58 bits per heavy atom. The van der Waals surface area contributed by atoms with Crippen molar-refractivity contribution < 1.29 is 14.3 Å². The van der Waals surface area contributed by atoms with E-state index in [4.69, 9.17) is 4.74 Å². The molecule has 3 heteroatoms. The van der Waals surface area contributed by atoms with E-state index in [-0.39, 0.29) is 17.6 Å². The summed E-state index contributed by atoms with van der Waals surface area (Å²) < 4.78 is 5.39. The molecule has 1 aromatic carbocycles. The lowest BCUT2D eigenvalue weighted by molar-refractivity contribution is -0.114. The van der Waals surface area contributed by atoms with Crippen molar-refractivity contribution in [3.8, 4) is 5.75 Å². The molecular formula is C16H18O3. The first-order chi connectivity index (χ1) is 9.08. The summed E-state index contributed by atoms with van der Waals surface area (Å²) in [4.78, 5) is 23.1. The van der Waals surface area contributed by atoms with Crippen LogP contribution in [0.4, 0.5) is 0 Å². The topological polar surface area (TPSA) is 43.4 Å². The normalized spacial score (nSPS) is 15.3. The van der Waals surface area contributed by atoms with Crippen LogP contribution in [0.1, 0.15) is 36.5 Å². The number of hydrogen-bond acceptors (Lipinski definition) is 3. The summed E-state index contributed by atoms with van der Waals surface area (Å²) in [6.07, 6.45) is 4.69. The van der Waals surface area contributed by atoms with Crippen LogP contribution >= 0.6 is 0 Å². The highest BCUT2D eigenvalue weighted by atomic mass is 16.5. The Bertz CT molecular complexity index is 541. The summed E-state index contributed by atoms with van der Waals surface area (Å²) >= 11 is 0. The molecule has 0 N–H and O–H groups in total. The van der Waals surface area contributed by atoms with Gasteiger partial charge in [-0.2, -0.15) is 0 Å². The Morgan fingerprint density at radius 2 is 2.00 bits per heavy atom. The first-order valence-electron chi connectivity index (χ1n) is 6.44. The number of carbonyl (C=O) groups is 2. The molecule has 2 rings (SSSR count). The van der Waals surface area contributed by atoms with Crippen LogP contribution in [0.25, 0.3) is 6.08 Å². The molecule has 0 radical (unpaired) electrons. The number of hydrogen-bond donors (Lipinski definition) is 0. The Balaban J connectivity index is 2.65. The summed E-state index contributed by atoms with van der Waals surface area (Å²) in [5.74, 6) is 0.672. The summed E-state index contributed by atoms with van der Waals surface area (Å²) in [7, 11) is 1.59. The van der Waals surface area contributed by atoms with E-state index in [9.17, 15) is 9.59 Å². The molecule has 3 nitrogen and oxygen atoms in total. The van der Waals surface area contributed by atoms with Crippen LogP contribution in [0, 0.1) is 5.92 Å². The van der Waals surface area contributed by atoms with Crippen molar-refractivity contribution >= 4 is 18.1 Å². The maximum atomic E-state index is 11.6. The van der Waals surface area contributed by atoms with E-state index in [1.165, 1.54) is 0 Å². The van der Waals surface area contributed by atoms with Crippen LogP contribution in [-0.2, 0) is 16.0 Å². The van der Waals surface area contributed by atoms with Crippen molar-refractivity contribution in [2.75, 3.05) is 7.11 Å². The van der Waals surface area contributed by atoms with Crippen LogP contribution in [0.3, 0.4) is 0 Å². The molecular weight excluding hydrogens is 240 g/mol. The van der Waals surface area contributed by atoms with E-state index < -0.39 is 0 Å². The highest BCUT2D eigenvalue weighted by molar-refractivity contribution is 5.99. The Labute approximate surface area is 113 Å². The number of ether oxygens (including phenoxy) is 1. The maximum Gasteiger partial charge on any atom is 0.160 e. The minimum Gasteiger partial charge on any atom is -0.496 e. The molecule has 0 saturated heterocycles. The first-order valence-corrected chi connectivity index (χ1v) is 6.44. The molecule has 1 atom stereocenters. The van der Waals surface area contributed by atoms with Crippen LogP contribution in [0.2, 0.25) is 0 Å². The number of rotatable bonds is 4. The summed E-state index contributed by atoms with van der Waals surface area (Å²) in [6.45, 7) is 4.00. The average molecular weight is 258 g/mol. The summed E-state index contributed by atoms with van der Waals surface area (Å²) in [5.41, 5.74) is 2.79. The number of allylic oxidation sites excluding steroid dienone is 1. The lowest BCUT2D eigenvalue weighted by Crippen LogP contribution is -2.16. The van der Waals surface area contributed by atoms with Crippen LogP contribution < -0.4 is 4.74 Å². The van der Waals surface area contributed by atoms with Gasteiger partial charge in [0, 0.05) is 17.9 Å². The molecule has 1 unspecified atom stereocenters. The zero-order valence-electron chi connectivity index (χ0n) is 11.5. The minimum atomic E-state index is -0.246. The molecule has 0 bridgehead atoms. The summed E-state index contributed by atoms with van der Waals surface area (Å²) in [6, 6.07) is 3.80. The molecule has 1 aliphatic rings. The van der Waals surface area contributed by atoms with Crippen molar-refractivity contribution in [3.63, 3.8) is 0 Å². The van der Waals surface area contributed by atoms with Crippen molar-refractivity contribution in [3.05, 3.63) is 34.9 Å². The van der Waals surface area contributed by atoms with E-state index in [2.05, 4.69) is 0 Å². The van der Waals surface area contributed by atoms with E-state index in [0.29, 0.717) is 12.2 Å². The lowest BCUT2D eigenvalue weighted by Gasteiger charge is -2.24.